The minimum Gasteiger partial charge on any atom is -0.491 e. The molecule has 5 nitrogen and oxygen atoms in total. The summed E-state index contributed by atoms with van der Waals surface area (Å²) in [6, 6.07) is 14.7. The summed E-state index contributed by atoms with van der Waals surface area (Å²) >= 11 is 0. The van der Waals surface area contributed by atoms with Gasteiger partial charge in [-0.05, 0) is 35.4 Å². The van der Waals surface area contributed by atoms with E-state index < -0.39 is 5.97 Å². The minimum absolute atomic E-state index is 0.0143. The first kappa shape index (κ1) is 14.9. The van der Waals surface area contributed by atoms with Crippen LogP contribution in [-0.2, 0) is 4.79 Å². The molecule has 0 spiro atoms. The molecule has 0 atom stereocenters. The first-order valence-corrected chi connectivity index (χ1v) is 6.48. The Kier molecular flexibility index (Phi) is 5.17. The maximum absolute atomic E-state index is 10.4. The monoisotopic (exact) mass is 288 g/mol. The van der Waals surface area contributed by atoms with Crippen molar-refractivity contribution in [2.45, 2.75) is 0 Å². The van der Waals surface area contributed by atoms with Gasteiger partial charge in [-0.1, -0.05) is 24.3 Å². The quantitative estimate of drug-likeness (QED) is 0.816. The summed E-state index contributed by atoms with van der Waals surface area (Å²) < 4.78 is 10.4. The molecule has 2 aromatic rings. The van der Waals surface area contributed by atoms with E-state index >= 15 is 0 Å². The van der Waals surface area contributed by atoms with Crippen LogP contribution < -0.4 is 9.47 Å². The Bertz CT molecular complexity index is 575. The number of aliphatic hydroxyl groups excluding tert-OH is 1. The van der Waals surface area contributed by atoms with Crippen molar-refractivity contribution in [2.75, 3.05) is 19.8 Å². The zero-order valence-corrected chi connectivity index (χ0v) is 11.4. The van der Waals surface area contributed by atoms with E-state index in [9.17, 15) is 4.79 Å². The predicted octanol–water partition coefficient (Wildman–Crippen LogP) is 2.19. The highest BCUT2D eigenvalue weighted by Crippen LogP contribution is 2.24. The molecule has 0 fully saturated rings. The summed E-state index contributed by atoms with van der Waals surface area (Å²) in [4.78, 5) is 10.4. The molecule has 0 saturated heterocycles. The molecule has 0 amide bonds. The van der Waals surface area contributed by atoms with Crippen molar-refractivity contribution in [2.24, 2.45) is 0 Å². The van der Waals surface area contributed by atoms with Crippen LogP contribution in [0.3, 0.4) is 0 Å². The van der Waals surface area contributed by atoms with Crippen molar-refractivity contribution < 1.29 is 24.5 Å². The number of benzene rings is 2. The molecule has 0 aromatic heterocycles. The number of hydrogen-bond acceptors (Lipinski definition) is 4. The zero-order valence-electron chi connectivity index (χ0n) is 11.4. The lowest BCUT2D eigenvalue weighted by molar-refractivity contribution is -0.139. The van der Waals surface area contributed by atoms with E-state index in [1.807, 2.05) is 36.4 Å². The molecular weight excluding hydrogens is 272 g/mol. The van der Waals surface area contributed by atoms with Gasteiger partial charge in [0.25, 0.3) is 0 Å². The Morgan fingerprint density at radius 3 is 1.76 bits per heavy atom. The third kappa shape index (κ3) is 4.50. The van der Waals surface area contributed by atoms with E-state index in [0.29, 0.717) is 11.5 Å². The SMILES string of the molecule is O=C(O)COc1ccc(-c2ccc(OCCO)cc2)cc1. The second kappa shape index (κ2) is 7.31. The van der Waals surface area contributed by atoms with Gasteiger partial charge in [-0.25, -0.2) is 4.79 Å². The van der Waals surface area contributed by atoms with Gasteiger partial charge in [0.05, 0.1) is 6.61 Å². The van der Waals surface area contributed by atoms with Crippen molar-refractivity contribution in [1.82, 2.24) is 0 Å². The summed E-state index contributed by atoms with van der Waals surface area (Å²) in [6.45, 7) is -0.0925. The molecule has 2 aromatic carbocycles. The van der Waals surface area contributed by atoms with Crippen molar-refractivity contribution in [3.8, 4) is 22.6 Å². The molecule has 0 heterocycles. The highest BCUT2D eigenvalue weighted by Gasteiger charge is 2.02. The van der Waals surface area contributed by atoms with Gasteiger partial charge in [-0.15, -0.1) is 0 Å². The van der Waals surface area contributed by atoms with Crippen LogP contribution in [0.2, 0.25) is 0 Å². The number of rotatable bonds is 7. The number of aliphatic carboxylic acids is 1. The third-order valence-corrected chi connectivity index (χ3v) is 2.76. The van der Waals surface area contributed by atoms with Crippen LogP contribution in [0.15, 0.2) is 48.5 Å². The predicted molar refractivity (Wildman–Crippen MR) is 77.6 cm³/mol. The van der Waals surface area contributed by atoms with Gasteiger partial charge in [0.15, 0.2) is 6.61 Å². The van der Waals surface area contributed by atoms with Crippen molar-refractivity contribution >= 4 is 5.97 Å². The Morgan fingerprint density at radius 2 is 1.33 bits per heavy atom. The molecule has 2 N–H and O–H groups in total. The Balaban J connectivity index is 2.02. The molecule has 0 aliphatic rings. The molecule has 5 heteroatoms. The lowest BCUT2D eigenvalue weighted by atomic mass is 10.1. The molecule has 110 valence electrons. The van der Waals surface area contributed by atoms with Crippen LogP contribution in [-0.4, -0.2) is 36.0 Å². The van der Waals surface area contributed by atoms with E-state index in [-0.39, 0.29) is 19.8 Å². The van der Waals surface area contributed by atoms with Crippen LogP contribution in [0.25, 0.3) is 11.1 Å². The summed E-state index contributed by atoms with van der Waals surface area (Å²) in [6.07, 6.45) is 0. The topological polar surface area (TPSA) is 76.0 Å². The van der Waals surface area contributed by atoms with Gasteiger partial charge in [0.2, 0.25) is 0 Å². The molecule has 0 aliphatic carbocycles. The number of carboxylic acids is 1. The lowest BCUT2D eigenvalue weighted by Gasteiger charge is -2.07. The molecular formula is C16H16O5. The fraction of sp³-hybridized carbons (Fsp3) is 0.188. The number of ether oxygens (including phenoxy) is 2. The Labute approximate surface area is 122 Å². The molecule has 21 heavy (non-hydrogen) atoms. The van der Waals surface area contributed by atoms with E-state index in [1.54, 1.807) is 12.1 Å². The lowest BCUT2D eigenvalue weighted by Crippen LogP contribution is -2.09. The maximum Gasteiger partial charge on any atom is 0.341 e. The van der Waals surface area contributed by atoms with Crippen molar-refractivity contribution in [3.05, 3.63) is 48.5 Å². The fourth-order valence-electron chi connectivity index (χ4n) is 1.80. The fourth-order valence-corrected chi connectivity index (χ4v) is 1.80. The second-order valence-electron chi connectivity index (χ2n) is 4.30. The van der Waals surface area contributed by atoms with Gasteiger partial charge in [0.1, 0.15) is 18.1 Å². The molecule has 0 unspecified atom stereocenters. The van der Waals surface area contributed by atoms with Crippen molar-refractivity contribution in [1.29, 1.82) is 0 Å². The average Bonchev–Trinajstić information content (AvgIpc) is 2.52. The van der Waals surface area contributed by atoms with Crippen LogP contribution in [0.5, 0.6) is 11.5 Å². The van der Waals surface area contributed by atoms with Gasteiger partial charge in [-0.3, -0.25) is 0 Å². The highest BCUT2D eigenvalue weighted by molar-refractivity contribution is 5.69. The van der Waals surface area contributed by atoms with Crippen molar-refractivity contribution in [3.63, 3.8) is 0 Å². The van der Waals surface area contributed by atoms with E-state index in [2.05, 4.69) is 0 Å². The normalized spacial score (nSPS) is 10.1. The average molecular weight is 288 g/mol. The maximum atomic E-state index is 10.4. The van der Waals surface area contributed by atoms with Gasteiger partial charge < -0.3 is 19.7 Å². The molecule has 0 aliphatic heterocycles. The Hall–Kier alpha value is -2.53. The number of carbonyl (C=O) groups is 1. The Morgan fingerprint density at radius 1 is 0.857 bits per heavy atom. The van der Waals surface area contributed by atoms with Gasteiger partial charge in [0, 0.05) is 0 Å². The summed E-state index contributed by atoms with van der Waals surface area (Å²) in [7, 11) is 0. The second-order valence-corrected chi connectivity index (χ2v) is 4.30. The highest BCUT2D eigenvalue weighted by atomic mass is 16.5. The first-order chi connectivity index (χ1) is 10.2. The van der Waals surface area contributed by atoms with E-state index in [1.165, 1.54) is 0 Å². The van der Waals surface area contributed by atoms with Crippen LogP contribution in [0, 0.1) is 0 Å². The standard InChI is InChI=1S/C16H16O5/c17-9-10-20-14-5-1-12(2-6-14)13-3-7-15(8-4-13)21-11-16(18)19/h1-8,17H,9-11H2,(H,18,19). The summed E-state index contributed by atoms with van der Waals surface area (Å²) in [5, 5.41) is 17.2. The first-order valence-electron chi connectivity index (χ1n) is 6.48. The molecule has 0 bridgehead atoms. The molecule has 0 saturated carbocycles. The van der Waals surface area contributed by atoms with Crippen LogP contribution >= 0.6 is 0 Å². The van der Waals surface area contributed by atoms with E-state index in [0.717, 1.165) is 11.1 Å². The molecule has 0 radical (unpaired) electrons. The van der Waals surface area contributed by atoms with E-state index in [4.69, 9.17) is 19.7 Å². The summed E-state index contributed by atoms with van der Waals surface area (Å²) in [5.41, 5.74) is 2.00. The van der Waals surface area contributed by atoms with Gasteiger partial charge >= 0.3 is 5.97 Å². The smallest absolute Gasteiger partial charge is 0.341 e. The van der Waals surface area contributed by atoms with Gasteiger partial charge in [-0.2, -0.15) is 0 Å². The summed E-state index contributed by atoms with van der Waals surface area (Å²) in [5.74, 6) is 0.218. The van der Waals surface area contributed by atoms with Crippen LogP contribution in [0.1, 0.15) is 0 Å². The molecule has 2 rings (SSSR count). The van der Waals surface area contributed by atoms with Crippen LogP contribution in [0.4, 0.5) is 0 Å². The largest absolute Gasteiger partial charge is 0.491 e. The number of carboxylic acid groups (broad SMARTS) is 1. The minimum atomic E-state index is -1.00. The zero-order chi connectivity index (χ0) is 15.1. The third-order valence-electron chi connectivity index (χ3n) is 2.76. The number of hydrogen-bond donors (Lipinski definition) is 2. The number of aliphatic hydroxyl groups is 1.